The van der Waals surface area contributed by atoms with Crippen molar-refractivity contribution in [1.82, 2.24) is 0 Å². The van der Waals surface area contributed by atoms with Crippen LogP contribution in [0, 0.1) is 0 Å². The first-order valence-electron chi connectivity index (χ1n) is 11.0. The Bertz CT molecular complexity index is 229. The van der Waals surface area contributed by atoms with Gasteiger partial charge in [0, 0.05) is 13.0 Å². The molecule has 0 heterocycles. The summed E-state index contributed by atoms with van der Waals surface area (Å²) in [6, 6.07) is 0. The number of hydrogen-bond donors (Lipinski definition) is 2. The first kappa shape index (κ1) is 26.7. The smallest absolute Gasteiger partial charge is 0.303 e. The van der Waals surface area contributed by atoms with Crippen molar-refractivity contribution >= 4 is 5.97 Å². The molecule has 3 heteroatoms. The van der Waals surface area contributed by atoms with Gasteiger partial charge in [-0.05, 0) is 12.8 Å². The van der Waals surface area contributed by atoms with Crippen molar-refractivity contribution in [2.45, 2.75) is 129 Å². The summed E-state index contributed by atoms with van der Waals surface area (Å²) in [6.45, 7) is 4.79. The van der Waals surface area contributed by atoms with Gasteiger partial charge in [-0.15, -0.1) is 0 Å². The van der Waals surface area contributed by atoms with Crippen LogP contribution in [-0.4, -0.2) is 22.8 Å². The van der Waals surface area contributed by atoms with E-state index in [0.717, 1.165) is 19.3 Å². The average Bonchev–Trinajstić information content (AvgIpc) is 2.60. The zero-order valence-corrected chi connectivity index (χ0v) is 17.2. The number of aliphatic hydroxyl groups excluding tert-OH is 1. The Balaban J connectivity index is 0. The summed E-state index contributed by atoms with van der Waals surface area (Å²) >= 11 is 0. The van der Waals surface area contributed by atoms with Gasteiger partial charge in [0.25, 0.3) is 0 Å². The normalized spacial score (nSPS) is 10.4. The zero-order chi connectivity index (χ0) is 19.0. The van der Waals surface area contributed by atoms with E-state index in [1.165, 1.54) is 89.9 Å². The van der Waals surface area contributed by atoms with Crippen LogP contribution in [0.25, 0.3) is 0 Å². The summed E-state index contributed by atoms with van der Waals surface area (Å²) in [5, 5.41) is 16.9. The summed E-state index contributed by atoms with van der Waals surface area (Å²) in [5.74, 6) is -0.670. The molecule has 0 aliphatic carbocycles. The highest BCUT2D eigenvalue weighted by Gasteiger charge is 1.95. The Hall–Kier alpha value is -0.570. The molecule has 25 heavy (non-hydrogen) atoms. The fourth-order valence-corrected chi connectivity index (χ4v) is 2.83. The maximum Gasteiger partial charge on any atom is 0.303 e. The number of aliphatic carboxylic acids is 1. The number of carboxylic acids is 1. The second-order valence-electron chi connectivity index (χ2n) is 7.17. The van der Waals surface area contributed by atoms with E-state index < -0.39 is 5.97 Å². The van der Waals surface area contributed by atoms with Crippen LogP contribution in [-0.2, 0) is 4.79 Å². The minimum absolute atomic E-state index is 0.337. The van der Waals surface area contributed by atoms with Crippen LogP contribution in [0.5, 0.6) is 0 Å². The zero-order valence-electron chi connectivity index (χ0n) is 17.2. The molecule has 0 aliphatic rings. The molecule has 0 spiro atoms. The molecule has 0 rings (SSSR count). The summed E-state index contributed by atoms with van der Waals surface area (Å²) in [4.78, 5) is 10.0. The third-order valence-electron chi connectivity index (χ3n) is 4.51. The summed E-state index contributed by atoms with van der Waals surface area (Å²) in [6.07, 6.45) is 22.1. The van der Waals surface area contributed by atoms with Gasteiger partial charge in [0.05, 0.1) is 0 Å². The molecule has 152 valence electrons. The van der Waals surface area contributed by atoms with E-state index in [0.29, 0.717) is 13.0 Å². The fraction of sp³-hybridized carbons (Fsp3) is 0.955. The van der Waals surface area contributed by atoms with Crippen molar-refractivity contribution in [2.24, 2.45) is 0 Å². The molecule has 0 aromatic carbocycles. The van der Waals surface area contributed by atoms with Gasteiger partial charge in [-0.25, -0.2) is 0 Å². The van der Waals surface area contributed by atoms with Crippen LogP contribution < -0.4 is 0 Å². The molecule has 0 radical (unpaired) electrons. The number of rotatable bonds is 18. The maximum atomic E-state index is 10.0. The molecule has 3 nitrogen and oxygen atoms in total. The van der Waals surface area contributed by atoms with Crippen molar-refractivity contribution in [3.63, 3.8) is 0 Å². The monoisotopic (exact) mass is 358 g/mol. The summed E-state index contributed by atoms with van der Waals surface area (Å²) in [5.41, 5.74) is 0. The predicted molar refractivity (Wildman–Crippen MR) is 109 cm³/mol. The molecule has 0 saturated carbocycles. The van der Waals surface area contributed by atoms with E-state index in [9.17, 15) is 4.79 Å². The lowest BCUT2D eigenvalue weighted by Gasteiger charge is -2.01. The molecule has 2 N–H and O–H groups in total. The molecule has 0 aromatic rings. The molecule has 0 unspecified atom stereocenters. The van der Waals surface area contributed by atoms with Gasteiger partial charge in [-0.2, -0.15) is 0 Å². The lowest BCUT2D eigenvalue weighted by molar-refractivity contribution is -0.137. The molecule has 0 aromatic heterocycles. The van der Waals surface area contributed by atoms with Crippen molar-refractivity contribution in [2.75, 3.05) is 6.61 Å². The molecule has 0 atom stereocenters. The third kappa shape index (κ3) is 31.7. The molecular formula is C22H46O3. The quantitative estimate of drug-likeness (QED) is 0.257. The van der Waals surface area contributed by atoms with Crippen LogP contribution in [0.2, 0.25) is 0 Å². The molecule has 0 fully saturated rings. The van der Waals surface area contributed by atoms with Gasteiger partial charge < -0.3 is 10.2 Å². The average molecular weight is 359 g/mol. The van der Waals surface area contributed by atoms with Gasteiger partial charge in [0.15, 0.2) is 0 Å². The standard InChI is InChI=1S/C14H30O.C8H16O2/c1-2-3-4-5-6-7-8-9-10-11-12-13-14-15;1-2-3-4-5-6-7-8(9)10/h15H,2-14H2,1H3;2-7H2,1H3,(H,9,10). The Labute approximate surface area is 157 Å². The minimum atomic E-state index is -0.670. The second-order valence-corrected chi connectivity index (χ2v) is 7.17. The SMILES string of the molecule is CCCCCCCC(=O)O.CCCCCCCCCCCCCCO. The van der Waals surface area contributed by atoms with Gasteiger partial charge in [0.1, 0.15) is 0 Å². The van der Waals surface area contributed by atoms with E-state index in [1.807, 2.05) is 0 Å². The van der Waals surface area contributed by atoms with E-state index in [2.05, 4.69) is 13.8 Å². The number of carboxylic acid groups (broad SMARTS) is 1. The Kier molecular flexibility index (Phi) is 27.4. The third-order valence-corrected chi connectivity index (χ3v) is 4.51. The van der Waals surface area contributed by atoms with Crippen molar-refractivity contribution in [1.29, 1.82) is 0 Å². The van der Waals surface area contributed by atoms with Crippen LogP contribution in [0.3, 0.4) is 0 Å². The van der Waals surface area contributed by atoms with E-state index in [1.54, 1.807) is 0 Å². The predicted octanol–water partition coefficient (Wildman–Crippen LogP) is 7.11. The maximum absolute atomic E-state index is 10.0. The van der Waals surface area contributed by atoms with Crippen molar-refractivity contribution in [3.05, 3.63) is 0 Å². The minimum Gasteiger partial charge on any atom is -0.481 e. The largest absolute Gasteiger partial charge is 0.481 e. The lowest BCUT2D eigenvalue weighted by atomic mass is 10.1. The van der Waals surface area contributed by atoms with Crippen molar-refractivity contribution in [3.8, 4) is 0 Å². The van der Waals surface area contributed by atoms with E-state index in [-0.39, 0.29) is 0 Å². The van der Waals surface area contributed by atoms with Crippen LogP contribution in [0.4, 0.5) is 0 Å². The van der Waals surface area contributed by atoms with Crippen LogP contribution in [0.1, 0.15) is 129 Å². The number of hydrogen-bond acceptors (Lipinski definition) is 2. The Morgan fingerprint density at radius 3 is 1.20 bits per heavy atom. The highest BCUT2D eigenvalue weighted by Crippen LogP contribution is 2.11. The second kappa shape index (κ2) is 25.7. The number of unbranched alkanes of at least 4 members (excludes halogenated alkanes) is 15. The highest BCUT2D eigenvalue weighted by atomic mass is 16.4. The fourth-order valence-electron chi connectivity index (χ4n) is 2.83. The van der Waals surface area contributed by atoms with E-state index in [4.69, 9.17) is 10.2 Å². The van der Waals surface area contributed by atoms with Gasteiger partial charge in [-0.1, -0.05) is 110 Å². The van der Waals surface area contributed by atoms with Crippen LogP contribution >= 0.6 is 0 Å². The molecular weight excluding hydrogens is 312 g/mol. The van der Waals surface area contributed by atoms with Crippen molar-refractivity contribution < 1.29 is 15.0 Å². The van der Waals surface area contributed by atoms with E-state index >= 15 is 0 Å². The Morgan fingerprint density at radius 2 is 0.880 bits per heavy atom. The molecule has 0 amide bonds. The number of carbonyl (C=O) groups is 1. The Morgan fingerprint density at radius 1 is 0.560 bits per heavy atom. The summed E-state index contributed by atoms with van der Waals surface area (Å²) < 4.78 is 0. The molecule has 0 aliphatic heterocycles. The topological polar surface area (TPSA) is 57.5 Å². The first-order valence-corrected chi connectivity index (χ1v) is 11.0. The van der Waals surface area contributed by atoms with Gasteiger partial charge in [-0.3, -0.25) is 4.79 Å². The first-order chi connectivity index (χ1) is 12.2. The molecule has 0 saturated heterocycles. The van der Waals surface area contributed by atoms with Crippen LogP contribution in [0.15, 0.2) is 0 Å². The highest BCUT2D eigenvalue weighted by molar-refractivity contribution is 5.66. The van der Waals surface area contributed by atoms with Gasteiger partial charge >= 0.3 is 5.97 Å². The van der Waals surface area contributed by atoms with Gasteiger partial charge in [0.2, 0.25) is 0 Å². The number of aliphatic hydroxyl groups is 1. The molecule has 0 bridgehead atoms. The lowest BCUT2D eigenvalue weighted by Crippen LogP contribution is -1.93. The summed E-state index contributed by atoms with van der Waals surface area (Å²) in [7, 11) is 0.